The van der Waals surface area contributed by atoms with Crippen LogP contribution < -0.4 is 41.0 Å². The van der Waals surface area contributed by atoms with Crippen molar-refractivity contribution in [3.8, 4) is 0 Å². The summed E-state index contributed by atoms with van der Waals surface area (Å²) in [6.07, 6.45) is 0. The van der Waals surface area contributed by atoms with Gasteiger partial charge in [-0.25, -0.2) is 0 Å². The van der Waals surface area contributed by atoms with E-state index < -0.39 is 0 Å². The van der Waals surface area contributed by atoms with Crippen molar-refractivity contribution in [1.82, 2.24) is 0 Å². The van der Waals surface area contributed by atoms with Gasteiger partial charge < -0.3 is 12.9 Å². The van der Waals surface area contributed by atoms with E-state index in [1.54, 1.807) is 0 Å². The van der Waals surface area contributed by atoms with E-state index in [1.807, 2.05) is 0 Å². The summed E-state index contributed by atoms with van der Waals surface area (Å²) in [5, 5.41) is 0. The third-order valence-electron chi connectivity index (χ3n) is 0.362. The first-order chi connectivity index (χ1) is 3.27. The van der Waals surface area contributed by atoms with Crippen molar-refractivity contribution < 1.29 is 31.0 Å². The van der Waals surface area contributed by atoms with E-state index >= 15 is 0 Å². The summed E-state index contributed by atoms with van der Waals surface area (Å²) in [6, 6.07) is 0. The van der Waals surface area contributed by atoms with Crippen LogP contribution in [-0.2, 0) is 0 Å². The van der Waals surface area contributed by atoms with Gasteiger partial charge in [-0.3, -0.25) is 0 Å². The summed E-state index contributed by atoms with van der Waals surface area (Å²) in [4.78, 5) is 0. The van der Waals surface area contributed by atoms with Gasteiger partial charge in [0.05, 0.1) is 0 Å². The van der Waals surface area contributed by atoms with Crippen LogP contribution in [-0.4, -0.2) is 16.6 Å². The zero-order chi connectivity index (χ0) is 5.70. The smallest absolute Gasteiger partial charge is 1.00 e. The van der Waals surface area contributed by atoms with Gasteiger partial charge in [-0.05, 0) is 0 Å². The first-order valence-electron chi connectivity index (χ1n) is 1.89. The van der Waals surface area contributed by atoms with Gasteiger partial charge in [-0.1, -0.05) is 24.0 Å². The summed E-state index contributed by atoms with van der Waals surface area (Å²) in [6.45, 7) is 0.641. The molecule has 8 heavy (non-hydrogen) atoms. The number of hydrogen-bond acceptors (Lipinski definition) is 3. The monoisotopic (exact) mass is 160 g/mol. The van der Waals surface area contributed by atoms with Crippen molar-refractivity contribution in [3.05, 3.63) is 0 Å². The van der Waals surface area contributed by atoms with Crippen LogP contribution in [0.3, 0.4) is 0 Å². The molecular formula is C3H9N2NaS2. The maximum absolute atomic E-state index is 5.14. The molecule has 0 saturated carbocycles. The second-order valence-electron chi connectivity index (χ2n) is 0.956. The molecule has 0 aromatic rings. The summed E-state index contributed by atoms with van der Waals surface area (Å²) in [5.41, 5.74) is 10.3. The normalized spacial score (nSPS) is 7.62. The molecule has 44 valence electrons. The molecule has 0 radical (unpaired) electrons. The molecule has 0 aliphatic heterocycles. The average Bonchev–Trinajstić information content (AvgIpc) is 1.61. The van der Waals surface area contributed by atoms with Crippen molar-refractivity contribution >= 4 is 28.3 Å². The van der Waals surface area contributed by atoms with E-state index in [2.05, 4.69) is 12.2 Å². The Morgan fingerprint density at radius 1 is 1.75 bits per heavy atom. The van der Waals surface area contributed by atoms with Gasteiger partial charge in [-0.2, -0.15) is 0 Å². The Hall–Kier alpha value is 1.20. The molecule has 5 heteroatoms. The van der Waals surface area contributed by atoms with Crippen LogP contribution in [0, 0.1) is 0 Å². The number of rotatable bonds is 2. The van der Waals surface area contributed by atoms with Crippen molar-refractivity contribution in [2.24, 2.45) is 11.5 Å². The van der Waals surface area contributed by atoms with E-state index in [-0.39, 0.29) is 31.0 Å². The van der Waals surface area contributed by atoms with E-state index in [1.165, 1.54) is 11.8 Å². The molecule has 0 aromatic heterocycles. The molecule has 0 bridgehead atoms. The summed E-state index contributed by atoms with van der Waals surface area (Å²) < 4.78 is 0.477. The van der Waals surface area contributed by atoms with Gasteiger partial charge in [0.15, 0.2) is 0 Å². The summed E-state index contributed by atoms with van der Waals surface area (Å²) in [7, 11) is 0. The van der Waals surface area contributed by atoms with Crippen molar-refractivity contribution in [1.29, 1.82) is 0 Å². The molecule has 0 spiro atoms. The van der Waals surface area contributed by atoms with Crippen molar-refractivity contribution in [3.63, 3.8) is 0 Å². The second kappa shape index (κ2) is 8.20. The van der Waals surface area contributed by atoms with Gasteiger partial charge in [0.1, 0.15) is 4.32 Å². The second-order valence-corrected chi connectivity index (χ2v) is 2.79. The Morgan fingerprint density at radius 2 is 2.25 bits per heavy atom. The van der Waals surface area contributed by atoms with Gasteiger partial charge in [0.25, 0.3) is 0 Å². The molecular weight excluding hydrogens is 151 g/mol. The van der Waals surface area contributed by atoms with Crippen LogP contribution >= 0.6 is 24.0 Å². The molecule has 0 heterocycles. The fourth-order valence-corrected chi connectivity index (χ4v) is 0.729. The predicted octanol–water partition coefficient (Wildman–Crippen LogP) is -2.96. The maximum Gasteiger partial charge on any atom is 1.00 e. The molecule has 0 unspecified atom stereocenters. The standard InChI is InChI=1S/C3H8N2S2.Na.H/c4-1-2-7-3(5)6;;/h1-2,4H2,(H2,5,6);;/q;+1;-1. The van der Waals surface area contributed by atoms with Gasteiger partial charge in [-0.15, -0.1) is 0 Å². The quantitative estimate of drug-likeness (QED) is 0.335. The van der Waals surface area contributed by atoms with Gasteiger partial charge in [0.2, 0.25) is 0 Å². The van der Waals surface area contributed by atoms with Crippen LogP contribution in [0.25, 0.3) is 0 Å². The zero-order valence-corrected chi connectivity index (χ0v) is 8.52. The number of nitrogens with two attached hydrogens (primary N) is 2. The van der Waals surface area contributed by atoms with Crippen LogP contribution in [0.4, 0.5) is 0 Å². The molecule has 0 fully saturated rings. The van der Waals surface area contributed by atoms with E-state index in [9.17, 15) is 0 Å². The van der Waals surface area contributed by atoms with Crippen LogP contribution in [0.1, 0.15) is 1.43 Å². The Morgan fingerprint density at radius 3 is 2.38 bits per heavy atom. The maximum atomic E-state index is 5.14. The Labute approximate surface area is 82.5 Å². The molecule has 0 rings (SSSR count). The third-order valence-corrected chi connectivity index (χ3v) is 1.44. The predicted molar refractivity (Wildman–Crippen MR) is 39.4 cm³/mol. The SMILES string of the molecule is NCCSC(N)=S.[H-].[Na+]. The van der Waals surface area contributed by atoms with Gasteiger partial charge in [0, 0.05) is 12.3 Å². The zero-order valence-electron chi connectivity index (χ0n) is 5.89. The number of thioether (sulfide) groups is 1. The molecule has 0 aliphatic carbocycles. The minimum absolute atomic E-state index is 0. The van der Waals surface area contributed by atoms with E-state index in [0.29, 0.717) is 10.9 Å². The van der Waals surface area contributed by atoms with E-state index in [4.69, 9.17) is 11.5 Å². The van der Waals surface area contributed by atoms with Crippen molar-refractivity contribution in [2.45, 2.75) is 0 Å². The number of hydrogen-bond donors (Lipinski definition) is 2. The molecule has 0 saturated heterocycles. The van der Waals surface area contributed by atoms with Crippen LogP contribution in [0.2, 0.25) is 0 Å². The average molecular weight is 160 g/mol. The Kier molecular flexibility index (Phi) is 12.2. The van der Waals surface area contributed by atoms with Crippen LogP contribution in [0.15, 0.2) is 0 Å². The number of thiocarbonyl (C=S) groups is 1. The van der Waals surface area contributed by atoms with Crippen molar-refractivity contribution in [2.75, 3.05) is 12.3 Å². The molecule has 0 amide bonds. The summed E-state index contributed by atoms with van der Waals surface area (Å²) in [5.74, 6) is 0.829. The minimum Gasteiger partial charge on any atom is -1.00 e. The first kappa shape index (κ1) is 11.9. The van der Waals surface area contributed by atoms with Crippen LogP contribution in [0.5, 0.6) is 0 Å². The molecule has 2 nitrogen and oxygen atoms in total. The molecule has 0 atom stereocenters. The van der Waals surface area contributed by atoms with Gasteiger partial charge >= 0.3 is 29.6 Å². The topological polar surface area (TPSA) is 52.0 Å². The fourth-order valence-electron chi connectivity index (χ4n) is 0.160. The molecule has 0 aliphatic rings. The first-order valence-corrected chi connectivity index (χ1v) is 3.29. The van der Waals surface area contributed by atoms with E-state index in [0.717, 1.165) is 5.75 Å². The third kappa shape index (κ3) is 10.2. The summed E-state index contributed by atoms with van der Waals surface area (Å²) >= 11 is 5.96. The Balaban J connectivity index is -0.000000180. The fraction of sp³-hybridized carbons (Fsp3) is 0.667. The molecule has 0 aromatic carbocycles. The molecule has 4 N–H and O–H groups in total. The largest absolute Gasteiger partial charge is 1.00 e. The minimum atomic E-state index is 0. The Bertz CT molecular complexity index is 72.8.